The van der Waals surface area contributed by atoms with Crippen LogP contribution in [0.1, 0.15) is 38.5 Å². The topological polar surface area (TPSA) is 82.2 Å². The van der Waals surface area contributed by atoms with Gasteiger partial charge in [-0.25, -0.2) is 4.39 Å². The number of hydrogen-bond acceptors (Lipinski definition) is 5. The fourth-order valence-corrected chi connectivity index (χ4v) is 3.86. The van der Waals surface area contributed by atoms with Crippen molar-refractivity contribution in [1.82, 2.24) is 14.9 Å². The summed E-state index contributed by atoms with van der Waals surface area (Å²) in [6.45, 7) is 6.01. The summed E-state index contributed by atoms with van der Waals surface area (Å²) in [4.78, 5) is 12.9. The van der Waals surface area contributed by atoms with E-state index in [-0.39, 0.29) is 24.7 Å². The number of amides is 1. The molecule has 4 rings (SSSR count). The van der Waals surface area contributed by atoms with Gasteiger partial charge in [0.2, 0.25) is 0 Å². The highest BCUT2D eigenvalue weighted by atomic mass is 79.9. The van der Waals surface area contributed by atoms with Crippen LogP contribution < -0.4 is 10.1 Å². The maximum absolute atomic E-state index is 14.0. The number of benzene rings is 2. The van der Waals surface area contributed by atoms with Crippen molar-refractivity contribution in [3.8, 4) is 5.75 Å². The molecule has 9 heteroatoms. The van der Waals surface area contributed by atoms with Gasteiger partial charge in [0.25, 0.3) is 5.91 Å². The van der Waals surface area contributed by atoms with Gasteiger partial charge in [0, 0.05) is 11.8 Å². The van der Waals surface area contributed by atoms with Crippen LogP contribution in [-0.4, -0.2) is 20.8 Å². The largest absolute Gasteiger partial charge is 0.488 e. The van der Waals surface area contributed by atoms with E-state index in [1.54, 1.807) is 31.3 Å². The van der Waals surface area contributed by atoms with Gasteiger partial charge in [-0.15, -0.1) is 0 Å². The van der Waals surface area contributed by atoms with E-state index in [1.165, 1.54) is 10.7 Å². The summed E-state index contributed by atoms with van der Waals surface area (Å²) < 4.78 is 27.3. The second kappa shape index (κ2) is 9.58. The molecule has 170 valence electrons. The van der Waals surface area contributed by atoms with Crippen molar-refractivity contribution in [1.29, 1.82) is 0 Å². The highest BCUT2D eigenvalue weighted by Gasteiger charge is 2.23. The van der Waals surface area contributed by atoms with Crippen molar-refractivity contribution in [3.63, 3.8) is 0 Å². The van der Waals surface area contributed by atoms with E-state index in [2.05, 4.69) is 31.5 Å². The van der Waals surface area contributed by atoms with Crippen LogP contribution >= 0.6 is 15.9 Å². The second-order valence-corrected chi connectivity index (χ2v) is 8.50. The van der Waals surface area contributed by atoms with Crippen molar-refractivity contribution in [3.05, 3.63) is 92.7 Å². The number of carbonyl (C=O) groups excluding carboxylic acids is 1. The number of rotatable bonds is 7. The summed E-state index contributed by atoms with van der Waals surface area (Å²) in [6.07, 6.45) is 1.67. The number of ether oxygens (including phenoxy) is 1. The van der Waals surface area contributed by atoms with Crippen molar-refractivity contribution in [2.45, 2.75) is 33.9 Å². The van der Waals surface area contributed by atoms with E-state index in [4.69, 9.17) is 9.26 Å². The number of nitrogens with one attached hydrogen (secondary N) is 1. The predicted molar refractivity (Wildman–Crippen MR) is 125 cm³/mol. The Morgan fingerprint density at radius 1 is 1.15 bits per heavy atom. The van der Waals surface area contributed by atoms with Crippen LogP contribution in [0, 0.1) is 26.6 Å². The minimum Gasteiger partial charge on any atom is -0.488 e. The van der Waals surface area contributed by atoms with Crippen LogP contribution in [0.2, 0.25) is 0 Å². The summed E-state index contributed by atoms with van der Waals surface area (Å²) in [5.41, 5.74) is 3.16. The molecule has 0 unspecified atom stereocenters. The van der Waals surface area contributed by atoms with Gasteiger partial charge >= 0.3 is 0 Å². The molecular weight excluding hydrogens is 491 g/mol. The lowest BCUT2D eigenvalue weighted by atomic mass is 10.1. The van der Waals surface area contributed by atoms with E-state index in [0.29, 0.717) is 27.2 Å². The fourth-order valence-electron chi connectivity index (χ4n) is 3.44. The number of hydrogen-bond donors (Lipinski definition) is 1. The summed E-state index contributed by atoms with van der Waals surface area (Å²) in [5.74, 6) is 0.748. The summed E-state index contributed by atoms with van der Waals surface area (Å²) in [5, 5.41) is 11.0. The van der Waals surface area contributed by atoms with E-state index >= 15 is 0 Å². The average Bonchev–Trinajstić information content (AvgIpc) is 3.31. The minimum atomic E-state index is -0.483. The molecule has 1 N–H and O–H groups in total. The Balaban J connectivity index is 1.50. The van der Waals surface area contributed by atoms with Gasteiger partial charge in [0.1, 0.15) is 23.9 Å². The monoisotopic (exact) mass is 512 g/mol. The number of para-hydroxylation sites is 1. The third kappa shape index (κ3) is 4.98. The fraction of sp³-hybridized carbons (Fsp3) is 0.208. The standard InChI is InChI=1S/C24H22BrFN4O3/c1-14-7-6-8-15(2)22(14)32-13-18-16(3)33-29-21(18)24(31)27-23-19(25)12-30(28-23)11-17-9-4-5-10-20(17)26/h4-10,12H,11,13H2,1-3H3,(H,27,28,31). The summed E-state index contributed by atoms with van der Waals surface area (Å²) in [6, 6.07) is 12.4. The zero-order valence-electron chi connectivity index (χ0n) is 18.4. The zero-order chi connectivity index (χ0) is 23.5. The molecule has 0 aliphatic heterocycles. The summed E-state index contributed by atoms with van der Waals surface area (Å²) >= 11 is 3.39. The molecule has 2 aromatic carbocycles. The number of carbonyl (C=O) groups is 1. The Labute approximate surface area is 198 Å². The lowest BCUT2D eigenvalue weighted by molar-refractivity contribution is 0.101. The SMILES string of the molecule is Cc1cccc(C)c1OCc1c(C(=O)Nc2nn(Cc3ccccc3F)cc2Br)noc1C. The molecule has 0 fully saturated rings. The molecule has 7 nitrogen and oxygen atoms in total. The lowest BCUT2D eigenvalue weighted by Crippen LogP contribution is -2.16. The highest BCUT2D eigenvalue weighted by molar-refractivity contribution is 9.10. The quantitative estimate of drug-likeness (QED) is 0.349. The third-order valence-corrected chi connectivity index (χ3v) is 5.79. The van der Waals surface area contributed by atoms with Gasteiger partial charge in [0.15, 0.2) is 11.5 Å². The molecule has 0 atom stereocenters. The van der Waals surface area contributed by atoms with E-state index in [1.807, 2.05) is 32.0 Å². The second-order valence-electron chi connectivity index (χ2n) is 7.64. The van der Waals surface area contributed by atoms with Crippen molar-refractivity contribution in [2.75, 3.05) is 5.32 Å². The van der Waals surface area contributed by atoms with Gasteiger partial charge in [-0.05, 0) is 53.9 Å². The average molecular weight is 513 g/mol. The molecule has 4 aromatic rings. The molecule has 2 heterocycles. The van der Waals surface area contributed by atoms with Crippen LogP contribution in [0.4, 0.5) is 10.2 Å². The van der Waals surface area contributed by atoms with Crippen molar-refractivity contribution in [2.24, 2.45) is 0 Å². The van der Waals surface area contributed by atoms with Gasteiger partial charge in [-0.2, -0.15) is 5.10 Å². The first-order chi connectivity index (χ1) is 15.8. The maximum atomic E-state index is 14.0. The molecule has 0 radical (unpaired) electrons. The number of anilines is 1. The Morgan fingerprint density at radius 2 is 1.88 bits per heavy atom. The van der Waals surface area contributed by atoms with Crippen LogP contribution in [0.25, 0.3) is 0 Å². The van der Waals surface area contributed by atoms with Gasteiger partial charge in [0.05, 0.1) is 16.6 Å². The normalized spacial score (nSPS) is 10.9. The molecule has 0 aliphatic rings. The number of nitrogens with zero attached hydrogens (tertiary/aromatic N) is 3. The molecule has 0 bridgehead atoms. The first kappa shape index (κ1) is 22.7. The Bertz CT molecular complexity index is 1290. The Morgan fingerprint density at radius 3 is 2.61 bits per heavy atom. The van der Waals surface area contributed by atoms with Crippen molar-refractivity contribution < 1.29 is 18.4 Å². The first-order valence-electron chi connectivity index (χ1n) is 10.3. The Kier molecular flexibility index (Phi) is 6.60. The number of aromatic nitrogens is 3. The smallest absolute Gasteiger partial charge is 0.279 e. The molecule has 2 aromatic heterocycles. The molecule has 0 aliphatic carbocycles. The van der Waals surface area contributed by atoms with Crippen LogP contribution in [0.15, 0.2) is 57.7 Å². The predicted octanol–water partition coefficient (Wildman–Crippen LogP) is 5.58. The molecule has 33 heavy (non-hydrogen) atoms. The summed E-state index contributed by atoms with van der Waals surface area (Å²) in [7, 11) is 0. The molecule has 0 spiro atoms. The third-order valence-electron chi connectivity index (χ3n) is 5.21. The lowest BCUT2D eigenvalue weighted by Gasteiger charge is -2.12. The Hall–Kier alpha value is -3.46. The van der Waals surface area contributed by atoms with Gasteiger partial charge in [-0.1, -0.05) is 41.6 Å². The van der Waals surface area contributed by atoms with E-state index in [9.17, 15) is 9.18 Å². The van der Waals surface area contributed by atoms with Gasteiger partial charge in [-0.3, -0.25) is 9.48 Å². The molecule has 0 saturated heterocycles. The van der Waals surface area contributed by atoms with Crippen LogP contribution in [0.3, 0.4) is 0 Å². The first-order valence-corrected chi connectivity index (χ1v) is 11.0. The van der Waals surface area contributed by atoms with Crippen LogP contribution in [-0.2, 0) is 13.2 Å². The molecular formula is C24H22BrFN4O3. The molecule has 1 amide bonds. The molecule has 0 saturated carbocycles. The zero-order valence-corrected chi connectivity index (χ0v) is 19.9. The number of aryl methyl sites for hydroxylation is 3. The van der Waals surface area contributed by atoms with Gasteiger partial charge < -0.3 is 14.6 Å². The number of halogens is 2. The van der Waals surface area contributed by atoms with Crippen molar-refractivity contribution >= 4 is 27.7 Å². The van der Waals surface area contributed by atoms with E-state index < -0.39 is 5.91 Å². The minimum absolute atomic E-state index is 0.120. The highest BCUT2D eigenvalue weighted by Crippen LogP contribution is 2.26. The van der Waals surface area contributed by atoms with Crippen LogP contribution in [0.5, 0.6) is 5.75 Å². The van der Waals surface area contributed by atoms with E-state index in [0.717, 1.165) is 16.9 Å². The maximum Gasteiger partial charge on any atom is 0.279 e.